The van der Waals surface area contributed by atoms with Crippen molar-refractivity contribution in [2.24, 2.45) is 17.8 Å². The minimum absolute atomic E-state index is 0.0891. The summed E-state index contributed by atoms with van der Waals surface area (Å²) >= 11 is 0. The lowest BCUT2D eigenvalue weighted by Gasteiger charge is -2.33. The maximum atomic E-state index is 11.4. The van der Waals surface area contributed by atoms with Gasteiger partial charge in [0.05, 0.1) is 11.6 Å². The zero-order chi connectivity index (χ0) is 16.0. The standard InChI is InChI=1S/C19H27NO3/c1-12(21)13-2-3-15-9-16(5-4-14(15)8-13)17-6-7-19(10-17)11-23-18(22)20-19/h4,9,12-13,16-17,21H,2-3,5-8,10-11H2,1H3,(H,20,22)/t12?,13-,16?,17+,19-/m1/s1. The molecule has 4 rings (SSSR count). The quantitative estimate of drug-likeness (QED) is 0.821. The number of amides is 1. The molecule has 3 aliphatic carbocycles. The van der Waals surface area contributed by atoms with Crippen LogP contribution in [-0.2, 0) is 4.74 Å². The molecule has 1 spiro atoms. The summed E-state index contributed by atoms with van der Waals surface area (Å²) in [5.74, 6) is 1.68. The molecular formula is C19H27NO3. The minimum Gasteiger partial charge on any atom is -0.447 e. The van der Waals surface area contributed by atoms with Gasteiger partial charge in [0.15, 0.2) is 0 Å². The average Bonchev–Trinajstić information content (AvgIpc) is 3.12. The number of ether oxygens (including phenoxy) is 1. The summed E-state index contributed by atoms with van der Waals surface area (Å²) in [4.78, 5) is 11.4. The molecule has 0 aromatic heterocycles. The highest BCUT2D eigenvalue weighted by molar-refractivity contribution is 5.70. The molecule has 0 radical (unpaired) electrons. The van der Waals surface area contributed by atoms with E-state index in [4.69, 9.17) is 4.74 Å². The van der Waals surface area contributed by atoms with Gasteiger partial charge in [0, 0.05) is 0 Å². The van der Waals surface area contributed by atoms with Crippen molar-refractivity contribution in [1.82, 2.24) is 5.32 Å². The maximum absolute atomic E-state index is 11.4. The predicted molar refractivity (Wildman–Crippen MR) is 87.9 cm³/mol. The number of carbonyl (C=O) groups is 1. The number of fused-ring (bicyclic) bond motifs is 1. The van der Waals surface area contributed by atoms with Crippen LogP contribution >= 0.6 is 0 Å². The van der Waals surface area contributed by atoms with E-state index in [0.29, 0.717) is 24.4 Å². The maximum Gasteiger partial charge on any atom is 0.407 e. The molecule has 0 aromatic carbocycles. The molecule has 4 heteroatoms. The number of hydrogen-bond donors (Lipinski definition) is 2. The van der Waals surface area contributed by atoms with Gasteiger partial charge in [0.1, 0.15) is 6.61 Å². The molecule has 1 saturated heterocycles. The molecule has 1 heterocycles. The van der Waals surface area contributed by atoms with E-state index in [-0.39, 0.29) is 17.7 Å². The second-order valence-corrected chi connectivity index (χ2v) is 8.05. The summed E-state index contributed by atoms with van der Waals surface area (Å²) in [7, 11) is 0. The number of allylic oxidation sites excluding steroid dienone is 4. The highest BCUT2D eigenvalue weighted by Crippen LogP contribution is 2.46. The van der Waals surface area contributed by atoms with E-state index in [0.717, 1.165) is 38.5 Å². The van der Waals surface area contributed by atoms with E-state index in [9.17, 15) is 9.90 Å². The van der Waals surface area contributed by atoms with E-state index in [1.54, 1.807) is 0 Å². The van der Waals surface area contributed by atoms with Gasteiger partial charge in [-0.3, -0.25) is 0 Å². The van der Waals surface area contributed by atoms with Crippen LogP contribution in [0.2, 0.25) is 0 Å². The van der Waals surface area contributed by atoms with E-state index in [2.05, 4.69) is 17.5 Å². The van der Waals surface area contributed by atoms with Crippen LogP contribution in [0.1, 0.15) is 51.9 Å². The van der Waals surface area contributed by atoms with Crippen LogP contribution in [0.25, 0.3) is 0 Å². The molecule has 1 aliphatic heterocycles. The van der Waals surface area contributed by atoms with Crippen molar-refractivity contribution in [2.45, 2.75) is 63.5 Å². The monoisotopic (exact) mass is 317 g/mol. The molecule has 2 unspecified atom stereocenters. The summed E-state index contributed by atoms with van der Waals surface area (Å²) in [6.45, 7) is 2.46. The van der Waals surface area contributed by atoms with Crippen molar-refractivity contribution in [2.75, 3.05) is 6.61 Å². The molecule has 0 bridgehead atoms. The third kappa shape index (κ3) is 2.82. The Morgan fingerprint density at radius 2 is 2.26 bits per heavy atom. The van der Waals surface area contributed by atoms with Crippen LogP contribution in [0.15, 0.2) is 23.3 Å². The first-order valence-corrected chi connectivity index (χ1v) is 9.08. The summed E-state index contributed by atoms with van der Waals surface area (Å²) in [5.41, 5.74) is 2.91. The summed E-state index contributed by atoms with van der Waals surface area (Å²) < 4.78 is 5.15. The number of cyclic esters (lactones) is 1. The van der Waals surface area contributed by atoms with E-state index in [1.807, 2.05) is 6.92 Å². The molecule has 3 fully saturated rings. The zero-order valence-electron chi connectivity index (χ0n) is 13.9. The second kappa shape index (κ2) is 5.66. The number of alkyl carbamates (subject to hydrolysis) is 1. The fourth-order valence-corrected chi connectivity index (χ4v) is 5.04. The SMILES string of the molecule is CC(O)[C@@H]1CCC2=CC([C@H]3CC[C@]4(COC(=O)N4)C3)CC=C2C1. The third-order valence-corrected chi connectivity index (χ3v) is 6.51. The third-order valence-electron chi connectivity index (χ3n) is 6.51. The Kier molecular flexibility index (Phi) is 3.75. The van der Waals surface area contributed by atoms with Crippen molar-refractivity contribution in [1.29, 1.82) is 0 Å². The molecule has 2 saturated carbocycles. The zero-order valence-corrected chi connectivity index (χ0v) is 13.9. The first kappa shape index (κ1) is 15.3. The van der Waals surface area contributed by atoms with Gasteiger partial charge in [-0.05, 0) is 80.8 Å². The molecule has 23 heavy (non-hydrogen) atoms. The minimum atomic E-state index is -0.244. The van der Waals surface area contributed by atoms with Gasteiger partial charge < -0.3 is 15.2 Å². The molecule has 0 aromatic rings. The van der Waals surface area contributed by atoms with Crippen LogP contribution in [0.4, 0.5) is 4.79 Å². The van der Waals surface area contributed by atoms with Gasteiger partial charge in [-0.25, -0.2) is 4.79 Å². The Hall–Kier alpha value is -1.29. The Labute approximate surface area is 138 Å². The fourth-order valence-electron chi connectivity index (χ4n) is 5.04. The molecule has 4 aliphatic rings. The molecule has 126 valence electrons. The number of aliphatic hydroxyl groups excluding tert-OH is 1. The van der Waals surface area contributed by atoms with Crippen molar-refractivity contribution in [3.8, 4) is 0 Å². The van der Waals surface area contributed by atoms with Crippen LogP contribution in [-0.4, -0.2) is 29.4 Å². The van der Waals surface area contributed by atoms with Crippen LogP contribution in [0, 0.1) is 17.8 Å². The number of hydrogen-bond acceptors (Lipinski definition) is 3. The average molecular weight is 317 g/mol. The fraction of sp³-hybridized carbons (Fsp3) is 0.737. The Bertz CT molecular complexity index is 565. The van der Waals surface area contributed by atoms with Gasteiger partial charge in [-0.1, -0.05) is 12.2 Å². The highest BCUT2D eigenvalue weighted by atomic mass is 16.6. The van der Waals surface area contributed by atoms with Gasteiger partial charge in [0.25, 0.3) is 0 Å². The van der Waals surface area contributed by atoms with Crippen molar-refractivity contribution in [3.63, 3.8) is 0 Å². The normalized spacial score (nSPS) is 41.0. The van der Waals surface area contributed by atoms with Gasteiger partial charge in [-0.2, -0.15) is 0 Å². The Morgan fingerprint density at radius 3 is 3.00 bits per heavy atom. The van der Waals surface area contributed by atoms with Crippen molar-refractivity contribution in [3.05, 3.63) is 23.3 Å². The molecule has 1 amide bonds. The number of nitrogens with one attached hydrogen (secondary N) is 1. The number of aliphatic hydroxyl groups is 1. The largest absolute Gasteiger partial charge is 0.447 e. The lowest BCUT2D eigenvalue weighted by molar-refractivity contribution is 0.116. The molecule has 2 N–H and O–H groups in total. The molecule has 5 atom stereocenters. The van der Waals surface area contributed by atoms with Gasteiger partial charge in [-0.15, -0.1) is 0 Å². The highest BCUT2D eigenvalue weighted by Gasteiger charge is 2.47. The van der Waals surface area contributed by atoms with Crippen LogP contribution < -0.4 is 5.32 Å². The van der Waals surface area contributed by atoms with Crippen molar-refractivity contribution >= 4 is 6.09 Å². The van der Waals surface area contributed by atoms with Crippen molar-refractivity contribution < 1.29 is 14.6 Å². The van der Waals surface area contributed by atoms with E-state index in [1.165, 1.54) is 17.6 Å². The van der Waals surface area contributed by atoms with Crippen LogP contribution in [0.5, 0.6) is 0 Å². The number of rotatable bonds is 2. The lowest BCUT2D eigenvalue weighted by Crippen LogP contribution is -2.41. The van der Waals surface area contributed by atoms with Gasteiger partial charge >= 0.3 is 6.09 Å². The van der Waals surface area contributed by atoms with Gasteiger partial charge in [0.2, 0.25) is 0 Å². The summed E-state index contributed by atoms with van der Waals surface area (Å²) in [6, 6.07) is 0. The topological polar surface area (TPSA) is 58.6 Å². The summed E-state index contributed by atoms with van der Waals surface area (Å²) in [6.07, 6.45) is 12.1. The van der Waals surface area contributed by atoms with Crippen LogP contribution in [0.3, 0.4) is 0 Å². The Balaban J connectivity index is 1.42. The molecule has 4 nitrogen and oxygen atoms in total. The smallest absolute Gasteiger partial charge is 0.407 e. The lowest BCUT2D eigenvalue weighted by atomic mass is 9.73. The first-order valence-electron chi connectivity index (χ1n) is 9.08. The van der Waals surface area contributed by atoms with E-state index >= 15 is 0 Å². The number of carbonyl (C=O) groups excluding carboxylic acids is 1. The Morgan fingerprint density at radius 1 is 1.39 bits per heavy atom. The molecular weight excluding hydrogens is 290 g/mol. The predicted octanol–water partition coefficient (Wildman–Crippen LogP) is 3.32. The first-order chi connectivity index (χ1) is 11.0. The van der Waals surface area contributed by atoms with E-state index < -0.39 is 0 Å². The second-order valence-electron chi connectivity index (χ2n) is 8.05. The summed E-state index contributed by atoms with van der Waals surface area (Å²) in [5, 5.41) is 12.9.